The zero-order chi connectivity index (χ0) is 36.7. The van der Waals surface area contributed by atoms with Gasteiger partial charge in [0.05, 0.1) is 22.4 Å². The Labute approximate surface area is 324 Å². The lowest BCUT2D eigenvalue weighted by Crippen LogP contribution is -2.10. The molecule has 12 rings (SSSR count). The van der Waals surface area contributed by atoms with E-state index in [9.17, 15) is 0 Å². The normalized spacial score (nSPS) is 12.2. The molecule has 2 nitrogen and oxygen atoms in total. The number of para-hydroxylation sites is 4. The fourth-order valence-electron chi connectivity index (χ4n) is 9.41. The lowest BCUT2D eigenvalue weighted by Gasteiger charge is -2.27. The highest BCUT2D eigenvalue weighted by Crippen LogP contribution is 2.52. The van der Waals surface area contributed by atoms with E-state index >= 15 is 0 Å². The molecule has 0 unspecified atom stereocenters. The van der Waals surface area contributed by atoms with Crippen molar-refractivity contribution in [1.29, 1.82) is 0 Å². The molecule has 0 saturated carbocycles. The van der Waals surface area contributed by atoms with Crippen molar-refractivity contribution in [1.82, 2.24) is 4.57 Å². The molecule has 2 heterocycles. The molecule has 0 N–H and O–H groups in total. The van der Waals surface area contributed by atoms with E-state index in [0.717, 1.165) is 11.4 Å². The molecule has 1 aliphatic rings. The van der Waals surface area contributed by atoms with Gasteiger partial charge in [-0.05, 0) is 115 Å². The number of rotatable bonds is 3. The second-order valence-electron chi connectivity index (χ2n) is 14.9. The average molecular weight is 711 g/mol. The zero-order valence-corrected chi connectivity index (χ0v) is 30.5. The topological polar surface area (TPSA) is 8.17 Å². The van der Waals surface area contributed by atoms with Crippen LogP contribution in [0.3, 0.4) is 0 Å². The fourth-order valence-corrected chi connectivity index (χ4v) is 9.41. The van der Waals surface area contributed by atoms with Crippen LogP contribution < -0.4 is 4.90 Å². The van der Waals surface area contributed by atoms with E-state index in [-0.39, 0.29) is 0 Å². The van der Waals surface area contributed by atoms with Gasteiger partial charge in [0.2, 0.25) is 0 Å². The minimum Gasteiger partial charge on any atom is -0.309 e. The summed E-state index contributed by atoms with van der Waals surface area (Å²) in [5.41, 5.74) is 14.4. The molecule has 0 fully saturated rings. The van der Waals surface area contributed by atoms with E-state index in [1.165, 1.54) is 98.9 Å². The summed E-state index contributed by atoms with van der Waals surface area (Å²) >= 11 is 0. The molecule has 0 amide bonds. The molecule has 1 aliphatic heterocycles. The van der Waals surface area contributed by atoms with Gasteiger partial charge in [0.1, 0.15) is 0 Å². The Kier molecular flexibility index (Phi) is 6.66. The molecule has 0 aliphatic carbocycles. The minimum absolute atomic E-state index is 1.14. The van der Waals surface area contributed by atoms with Gasteiger partial charge in [-0.25, -0.2) is 0 Å². The summed E-state index contributed by atoms with van der Waals surface area (Å²) in [5, 5.41) is 10.3. The molecule has 0 radical (unpaired) electrons. The second-order valence-corrected chi connectivity index (χ2v) is 14.9. The van der Waals surface area contributed by atoms with Crippen molar-refractivity contribution in [3.05, 3.63) is 206 Å². The summed E-state index contributed by atoms with van der Waals surface area (Å²) < 4.78 is 2.45. The number of fused-ring (bicyclic) bond motifs is 14. The molecule has 0 saturated heterocycles. The maximum absolute atomic E-state index is 2.45. The Morgan fingerprint density at radius 2 is 0.750 bits per heavy atom. The lowest BCUT2D eigenvalue weighted by atomic mass is 9.92. The van der Waals surface area contributed by atoms with E-state index in [1.807, 2.05) is 0 Å². The number of nitrogens with zero attached hydrogens (tertiary/aromatic N) is 2. The Morgan fingerprint density at radius 3 is 1.41 bits per heavy atom. The van der Waals surface area contributed by atoms with Gasteiger partial charge in [0.25, 0.3) is 0 Å². The molecule has 11 aromatic rings. The molecule has 0 spiro atoms. The lowest BCUT2D eigenvalue weighted by molar-refractivity contribution is 1.18. The van der Waals surface area contributed by atoms with Crippen molar-refractivity contribution in [2.75, 3.05) is 4.90 Å². The number of hydrogen-bond acceptors (Lipinski definition) is 1. The average Bonchev–Trinajstić information content (AvgIpc) is 3.54. The molecular formula is C54H34N2. The van der Waals surface area contributed by atoms with Crippen molar-refractivity contribution < 1.29 is 0 Å². The van der Waals surface area contributed by atoms with Gasteiger partial charge >= 0.3 is 0 Å². The highest BCUT2D eigenvalue weighted by molar-refractivity contribution is 6.25. The van der Waals surface area contributed by atoms with Crippen LogP contribution in [0.1, 0.15) is 0 Å². The van der Waals surface area contributed by atoms with E-state index < -0.39 is 0 Å². The molecule has 260 valence electrons. The van der Waals surface area contributed by atoms with Gasteiger partial charge in [-0.1, -0.05) is 146 Å². The summed E-state index contributed by atoms with van der Waals surface area (Å²) in [6.07, 6.45) is 0. The standard InChI is InChI=1S/C54H34N2/c1-2-14-37(15-3-1)55-51-23-11-8-20-44(51)48-33-50-46-22-10-13-25-53(46)56(54(50)34-49(48)45-21-9-12-24-52(45)55)38-29-26-35(27-30-38)36-28-31-43-41-18-5-4-16-39(41)40-17-6-7-19-42(40)47(43)32-36/h1-34H. The SMILES string of the molecule is c1ccc(N2c3ccccc3-c3cc4c5ccccc5n(-c5ccc(-c6ccc7c8ccccc8c8ccccc8c7c6)cc5)c4cc3-c3ccccc32)cc1. The fraction of sp³-hybridized carbons (Fsp3) is 0. The molecule has 0 atom stereocenters. The number of anilines is 3. The molecular weight excluding hydrogens is 677 g/mol. The molecule has 10 aromatic carbocycles. The third kappa shape index (κ3) is 4.50. The summed E-state index contributed by atoms with van der Waals surface area (Å²) in [6.45, 7) is 0. The Bertz CT molecular complexity index is 3320. The van der Waals surface area contributed by atoms with Crippen LogP contribution in [-0.2, 0) is 0 Å². The first-order valence-electron chi connectivity index (χ1n) is 19.4. The van der Waals surface area contributed by atoms with Crippen LogP contribution in [0.25, 0.3) is 93.2 Å². The molecule has 56 heavy (non-hydrogen) atoms. The number of hydrogen-bond donors (Lipinski definition) is 0. The van der Waals surface area contributed by atoms with Crippen molar-refractivity contribution in [3.8, 4) is 39.1 Å². The first-order valence-corrected chi connectivity index (χ1v) is 19.4. The van der Waals surface area contributed by atoms with Crippen LogP contribution in [0.2, 0.25) is 0 Å². The smallest absolute Gasteiger partial charge is 0.0547 e. The van der Waals surface area contributed by atoms with Crippen LogP contribution in [0.4, 0.5) is 17.1 Å². The number of benzene rings is 10. The number of aromatic nitrogens is 1. The maximum Gasteiger partial charge on any atom is 0.0547 e. The first-order chi connectivity index (χ1) is 27.8. The highest BCUT2D eigenvalue weighted by atomic mass is 15.1. The van der Waals surface area contributed by atoms with Crippen LogP contribution in [0.5, 0.6) is 0 Å². The van der Waals surface area contributed by atoms with Gasteiger partial charge < -0.3 is 9.47 Å². The van der Waals surface area contributed by atoms with Gasteiger partial charge in [-0.2, -0.15) is 0 Å². The van der Waals surface area contributed by atoms with Crippen molar-refractivity contribution in [2.45, 2.75) is 0 Å². The van der Waals surface area contributed by atoms with Crippen LogP contribution in [0, 0.1) is 0 Å². The third-order valence-corrected chi connectivity index (χ3v) is 11.9. The largest absolute Gasteiger partial charge is 0.309 e. The van der Waals surface area contributed by atoms with E-state index in [4.69, 9.17) is 0 Å². The molecule has 2 heteroatoms. The predicted molar refractivity (Wildman–Crippen MR) is 238 cm³/mol. The maximum atomic E-state index is 2.45. The predicted octanol–water partition coefficient (Wildman–Crippen LogP) is 15.0. The second kappa shape index (κ2) is 12.0. The highest BCUT2D eigenvalue weighted by Gasteiger charge is 2.27. The summed E-state index contributed by atoms with van der Waals surface area (Å²) in [6, 6.07) is 75.8. The first kappa shape index (κ1) is 31.0. The van der Waals surface area contributed by atoms with Crippen molar-refractivity contribution in [2.24, 2.45) is 0 Å². The van der Waals surface area contributed by atoms with Gasteiger partial charge in [-0.3, -0.25) is 0 Å². The van der Waals surface area contributed by atoms with E-state index in [0.29, 0.717) is 0 Å². The molecule has 1 aromatic heterocycles. The zero-order valence-electron chi connectivity index (χ0n) is 30.5. The van der Waals surface area contributed by atoms with E-state index in [1.54, 1.807) is 0 Å². The summed E-state index contributed by atoms with van der Waals surface area (Å²) in [7, 11) is 0. The monoisotopic (exact) mass is 710 g/mol. The van der Waals surface area contributed by atoms with Gasteiger partial charge in [0.15, 0.2) is 0 Å². The quantitative estimate of drug-likeness (QED) is 0.166. The van der Waals surface area contributed by atoms with E-state index in [2.05, 4.69) is 216 Å². The third-order valence-electron chi connectivity index (χ3n) is 11.9. The Balaban J connectivity index is 1.05. The van der Waals surface area contributed by atoms with Crippen molar-refractivity contribution in [3.63, 3.8) is 0 Å². The Morgan fingerprint density at radius 1 is 0.250 bits per heavy atom. The van der Waals surface area contributed by atoms with Gasteiger partial charge in [-0.15, -0.1) is 0 Å². The minimum atomic E-state index is 1.14. The van der Waals surface area contributed by atoms with Gasteiger partial charge in [0, 0.05) is 33.3 Å². The molecule has 0 bridgehead atoms. The van der Waals surface area contributed by atoms with Crippen LogP contribution in [0.15, 0.2) is 206 Å². The van der Waals surface area contributed by atoms with Crippen LogP contribution in [-0.4, -0.2) is 4.57 Å². The summed E-state index contributed by atoms with van der Waals surface area (Å²) in [5.74, 6) is 0. The Hall–Kier alpha value is -7.42. The summed E-state index contributed by atoms with van der Waals surface area (Å²) in [4.78, 5) is 2.41. The van der Waals surface area contributed by atoms with Crippen LogP contribution >= 0.6 is 0 Å². The van der Waals surface area contributed by atoms with Crippen molar-refractivity contribution >= 4 is 71.2 Å².